The van der Waals surface area contributed by atoms with Crippen LogP contribution in [0, 0.1) is 0 Å². The van der Waals surface area contributed by atoms with E-state index in [1.54, 1.807) is 32.9 Å². The number of rotatable bonds is 5. The van der Waals surface area contributed by atoms with Crippen molar-refractivity contribution in [1.29, 1.82) is 0 Å². The third kappa shape index (κ3) is 4.46. The SMILES string of the molecule is CCS(=O)(=O)NCc1ccc(C(C)(C)O)cc1. The molecule has 96 valence electrons. The third-order valence-electron chi connectivity index (χ3n) is 2.54. The quantitative estimate of drug-likeness (QED) is 0.837. The minimum Gasteiger partial charge on any atom is -0.386 e. The summed E-state index contributed by atoms with van der Waals surface area (Å²) in [6.07, 6.45) is 0. The number of hydrogen-bond acceptors (Lipinski definition) is 3. The number of nitrogens with one attached hydrogen (secondary N) is 1. The normalized spacial score (nSPS) is 12.7. The van der Waals surface area contributed by atoms with E-state index >= 15 is 0 Å². The molecule has 0 amide bonds. The molecule has 4 nitrogen and oxygen atoms in total. The maximum absolute atomic E-state index is 11.2. The lowest BCUT2D eigenvalue weighted by Gasteiger charge is -2.17. The summed E-state index contributed by atoms with van der Waals surface area (Å²) in [7, 11) is -3.16. The summed E-state index contributed by atoms with van der Waals surface area (Å²) >= 11 is 0. The van der Waals surface area contributed by atoms with Gasteiger partial charge in [0.25, 0.3) is 0 Å². The van der Waals surface area contributed by atoms with Gasteiger partial charge in [-0.1, -0.05) is 24.3 Å². The highest BCUT2D eigenvalue weighted by Gasteiger charge is 2.15. The predicted molar refractivity (Wildman–Crippen MR) is 68.0 cm³/mol. The average Bonchev–Trinajstić information content (AvgIpc) is 2.26. The molecule has 0 bridgehead atoms. The molecule has 1 aromatic rings. The van der Waals surface area contributed by atoms with Crippen LogP contribution in [0.25, 0.3) is 0 Å². The number of benzene rings is 1. The van der Waals surface area contributed by atoms with Crippen molar-refractivity contribution in [2.45, 2.75) is 32.9 Å². The average molecular weight is 257 g/mol. The summed E-state index contributed by atoms with van der Waals surface area (Å²) in [4.78, 5) is 0. The molecule has 0 unspecified atom stereocenters. The largest absolute Gasteiger partial charge is 0.386 e. The molecule has 1 aromatic carbocycles. The van der Waals surface area contributed by atoms with E-state index < -0.39 is 15.6 Å². The van der Waals surface area contributed by atoms with Gasteiger partial charge in [-0.25, -0.2) is 13.1 Å². The van der Waals surface area contributed by atoms with Gasteiger partial charge in [0, 0.05) is 6.54 Å². The number of aliphatic hydroxyl groups is 1. The Morgan fingerprint density at radius 1 is 1.24 bits per heavy atom. The molecule has 0 aliphatic heterocycles. The number of hydrogen-bond donors (Lipinski definition) is 2. The van der Waals surface area contributed by atoms with Gasteiger partial charge in [0.1, 0.15) is 0 Å². The van der Waals surface area contributed by atoms with Crippen molar-refractivity contribution in [3.63, 3.8) is 0 Å². The van der Waals surface area contributed by atoms with Crippen molar-refractivity contribution in [2.24, 2.45) is 0 Å². The van der Waals surface area contributed by atoms with Crippen LogP contribution in [0.5, 0.6) is 0 Å². The van der Waals surface area contributed by atoms with Gasteiger partial charge >= 0.3 is 0 Å². The molecule has 2 N–H and O–H groups in total. The highest BCUT2D eigenvalue weighted by atomic mass is 32.2. The Morgan fingerprint density at radius 3 is 2.18 bits per heavy atom. The van der Waals surface area contributed by atoms with Crippen molar-refractivity contribution in [3.05, 3.63) is 35.4 Å². The standard InChI is InChI=1S/C12H19NO3S/c1-4-17(15,16)13-9-10-5-7-11(8-6-10)12(2,3)14/h5-8,13-14H,4,9H2,1-3H3. The molecule has 0 fully saturated rings. The first-order valence-electron chi connectivity index (χ1n) is 5.54. The van der Waals surface area contributed by atoms with Crippen LogP contribution in [0.15, 0.2) is 24.3 Å². The van der Waals surface area contributed by atoms with Crippen molar-refractivity contribution >= 4 is 10.0 Å². The van der Waals surface area contributed by atoms with Gasteiger partial charge in [0.15, 0.2) is 0 Å². The van der Waals surface area contributed by atoms with Crippen molar-refractivity contribution in [2.75, 3.05) is 5.75 Å². The molecule has 0 heterocycles. The molecule has 0 aromatic heterocycles. The van der Waals surface area contributed by atoms with Crippen LogP contribution >= 0.6 is 0 Å². The first-order chi connectivity index (χ1) is 7.74. The van der Waals surface area contributed by atoms with E-state index in [1.807, 2.05) is 12.1 Å². The van der Waals surface area contributed by atoms with Crippen LogP contribution in [-0.4, -0.2) is 19.3 Å². The first kappa shape index (κ1) is 14.2. The summed E-state index contributed by atoms with van der Waals surface area (Å²) < 4.78 is 25.0. The monoisotopic (exact) mass is 257 g/mol. The molecule has 0 spiro atoms. The topological polar surface area (TPSA) is 66.4 Å². The van der Waals surface area contributed by atoms with E-state index in [4.69, 9.17) is 0 Å². The van der Waals surface area contributed by atoms with Crippen LogP contribution in [0.2, 0.25) is 0 Å². The summed E-state index contributed by atoms with van der Waals surface area (Å²) in [6, 6.07) is 7.22. The van der Waals surface area contributed by atoms with E-state index in [0.29, 0.717) is 0 Å². The van der Waals surface area contributed by atoms with Gasteiger partial charge in [0.2, 0.25) is 10.0 Å². The third-order valence-corrected chi connectivity index (χ3v) is 3.88. The Morgan fingerprint density at radius 2 is 1.76 bits per heavy atom. The molecular weight excluding hydrogens is 238 g/mol. The van der Waals surface area contributed by atoms with Crippen LogP contribution in [0.4, 0.5) is 0 Å². The first-order valence-corrected chi connectivity index (χ1v) is 7.19. The molecule has 0 atom stereocenters. The predicted octanol–water partition coefficient (Wildman–Crippen LogP) is 1.35. The van der Waals surface area contributed by atoms with Crippen LogP contribution in [-0.2, 0) is 22.2 Å². The lowest BCUT2D eigenvalue weighted by Crippen LogP contribution is -2.24. The summed E-state index contributed by atoms with van der Waals surface area (Å²) in [6.45, 7) is 5.30. The second-order valence-electron chi connectivity index (χ2n) is 4.48. The van der Waals surface area contributed by atoms with E-state index in [1.165, 1.54) is 0 Å². The number of sulfonamides is 1. The minimum atomic E-state index is -3.16. The fourth-order valence-electron chi connectivity index (χ4n) is 1.33. The Kier molecular flexibility index (Phi) is 4.30. The summed E-state index contributed by atoms with van der Waals surface area (Å²) in [5.74, 6) is 0.0781. The second-order valence-corrected chi connectivity index (χ2v) is 6.58. The molecule has 0 radical (unpaired) electrons. The van der Waals surface area contributed by atoms with Gasteiger partial charge in [0.05, 0.1) is 11.4 Å². The van der Waals surface area contributed by atoms with Crippen LogP contribution in [0.3, 0.4) is 0 Å². The minimum absolute atomic E-state index is 0.0781. The van der Waals surface area contributed by atoms with Crippen LogP contribution in [0.1, 0.15) is 31.9 Å². The van der Waals surface area contributed by atoms with Gasteiger partial charge in [-0.3, -0.25) is 0 Å². The fourth-order valence-corrected chi connectivity index (χ4v) is 1.92. The molecule has 5 heteroatoms. The second kappa shape index (κ2) is 5.16. The fraction of sp³-hybridized carbons (Fsp3) is 0.500. The van der Waals surface area contributed by atoms with E-state index in [-0.39, 0.29) is 12.3 Å². The van der Waals surface area contributed by atoms with Gasteiger partial charge in [-0.15, -0.1) is 0 Å². The molecule has 0 aliphatic carbocycles. The molecular formula is C12H19NO3S. The molecule has 0 saturated carbocycles. The lowest BCUT2D eigenvalue weighted by atomic mass is 9.97. The Balaban J connectivity index is 2.70. The summed E-state index contributed by atoms with van der Waals surface area (Å²) in [5.41, 5.74) is 0.802. The van der Waals surface area contributed by atoms with Gasteiger partial charge in [-0.05, 0) is 31.9 Å². The Hall–Kier alpha value is -0.910. The Labute approximate surface area is 103 Å². The van der Waals surface area contributed by atoms with Gasteiger partial charge in [-0.2, -0.15) is 0 Å². The summed E-state index contributed by atoms with van der Waals surface area (Å²) in [5, 5.41) is 9.77. The van der Waals surface area contributed by atoms with Crippen molar-refractivity contribution in [3.8, 4) is 0 Å². The molecule has 17 heavy (non-hydrogen) atoms. The maximum Gasteiger partial charge on any atom is 0.211 e. The van der Waals surface area contributed by atoms with Crippen molar-refractivity contribution in [1.82, 2.24) is 4.72 Å². The highest BCUT2D eigenvalue weighted by Crippen LogP contribution is 2.19. The zero-order valence-electron chi connectivity index (χ0n) is 10.4. The van der Waals surface area contributed by atoms with Gasteiger partial charge < -0.3 is 5.11 Å². The van der Waals surface area contributed by atoms with Crippen LogP contribution < -0.4 is 4.72 Å². The zero-order chi connectivity index (χ0) is 13.1. The molecule has 0 saturated heterocycles. The van der Waals surface area contributed by atoms with E-state index in [9.17, 15) is 13.5 Å². The van der Waals surface area contributed by atoms with E-state index in [0.717, 1.165) is 11.1 Å². The Bertz CT molecular complexity index is 458. The van der Waals surface area contributed by atoms with Crippen molar-refractivity contribution < 1.29 is 13.5 Å². The lowest BCUT2D eigenvalue weighted by molar-refractivity contribution is 0.0786. The maximum atomic E-state index is 11.2. The van der Waals surface area contributed by atoms with E-state index in [2.05, 4.69) is 4.72 Å². The highest BCUT2D eigenvalue weighted by molar-refractivity contribution is 7.89. The smallest absolute Gasteiger partial charge is 0.211 e. The zero-order valence-corrected chi connectivity index (χ0v) is 11.2. The molecule has 0 aliphatic rings. The molecule has 1 rings (SSSR count).